The summed E-state index contributed by atoms with van der Waals surface area (Å²) in [6, 6.07) is 2.14. The molecule has 1 aliphatic heterocycles. The number of carbonyl (C=O) groups is 6. The van der Waals surface area contributed by atoms with Gasteiger partial charge in [-0.1, -0.05) is 38.5 Å². The Morgan fingerprint density at radius 1 is 0.907 bits per heavy atom. The minimum Gasteiger partial charge on any atom is -0.480 e. The van der Waals surface area contributed by atoms with E-state index in [1.165, 1.54) is 29.9 Å². The molecule has 3 aromatic heterocycles. The summed E-state index contributed by atoms with van der Waals surface area (Å²) < 4.78 is 0. The molecule has 10 N–H and O–H groups in total. The number of aliphatic carboxylic acids is 1. The first-order valence-electron chi connectivity index (χ1n) is 17.9. The van der Waals surface area contributed by atoms with Gasteiger partial charge in [0.2, 0.25) is 29.5 Å². The predicted octanol–water partition coefficient (Wildman–Crippen LogP) is -0.338. The number of fused-ring (bicyclic) bond motifs is 1. The van der Waals surface area contributed by atoms with Crippen LogP contribution in [0.2, 0.25) is 0 Å². The van der Waals surface area contributed by atoms with Gasteiger partial charge in [0.05, 0.1) is 25.2 Å². The second-order valence-corrected chi connectivity index (χ2v) is 13.5. The normalized spacial score (nSPS) is 16.9. The van der Waals surface area contributed by atoms with Crippen molar-refractivity contribution < 1.29 is 33.9 Å². The molecule has 0 bridgehead atoms. The first kappa shape index (κ1) is 39.2. The van der Waals surface area contributed by atoms with Crippen LogP contribution in [-0.4, -0.2) is 114 Å². The maximum atomic E-state index is 14.0. The Labute approximate surface area is 310 Å². The summed E-state index contributed by atoms with van der Waals surface area (Å²) in [7, 11) is 0. The quantitative estimate of drug-likeness (QED) is 0.0639. The van der Waals surface area contributed by atoms with Crippen LogP contribution in [0.25, 0.3) is 10.9 Å². The van der Waals surface area contributed by atoms with E-state index >= 15 is 0 Å². The molecule has 1 saturated heterocycles. The van der Waals surface area contributed by atoms with E-state index in [1.54, 1.807) is 13.1 Å². The highest BCUT2D eigenvalue weighted by molar-refractivity contribution is 5.96. The van der Waals surface area contributed by atoms with Crippen molar-refractivity contribution in [3.63, 3.8) is 0 Å². The zero-order valence-electron chi connectivity index (χ0n) is 30.1. The second-order valence-electron chi connectivity index (χ2n) is 13.5. The van der Waals surface area contributed by atoms with Gasteiger partial charge in [0.1, 0.15) is 24.2 Å². The molecule has 0 saturated carbocycles. The number of H-pyrrole nitrogens is 3. The predicted molar refractivity (Wildman–Crippen MR) is 195 cm³/mol. The number of nitrogens with zero attached hydrogens (tertiary/aromatic N) is 3. The SMILES string of the molecule is CC[C@H](C)[C@H](NC(=O)CNC(=O)[C@@H](N)Cc1c[nH]c2ccccc12)C(=O)N[C@@H](Cc1cnc[nH]1)C(=O)N[C@@H](Cc1cnc[nH]1)C(=O)N1CCC[C@H]1C(=O)O. The molecule has 18 nitrogen and oxygen atoms in total. The Bertz CT molecular complexity index is 1910. The number of rotatable bonds is 18. The number of hydrogen-bond acceptors (Lipinski definition) is 9. The average Bonchev–Trinajstić information content (AvgIpc) is 4.00. The number of aromatic nitrogens is 5. The Morgan fingerprint density at radius 3 is 2.22 bits per heavy atom. The van der Waals surface area contributed by atoms with E-state index in [1.807, 2.05) is 31.2 Å². The van der Waals surface area contributed by atoms with E-state index in [0.29, 0.717) is 24.2 Å². The van der Waals surface area contributed by atoms with E-state index in [2.05, 4.69) is 46.2 Å². The molecule has 4 aromatic rings. The van der Waals surface area contributed by atoms with Crippen LogP contribution in [0.15, 0.2) is 55.5 Å². The Hall–Kier alpha value is -6.04. The molecule has 288 valence electrons. The van der Waals surface area contributed by atoms with Crippen molar-refractivity contribution >= 4 is 46.4 Å². The van der Waals surface area contributed by atoms with Gasteiger partial charge in [-0.15, -0.1) is 0 Å². The van der Waals surface area contributed by atoms with Gasteiger partial charge in [0.25, 0.3) is 0 Å². The van der Waals surface area contributed by atoms with Crippen molar-refractivity contribution in [2.45, 2.75) is 82.6 Å². The molecule has 1 aliphatic rings. The van der Waals surface area contributed by atoms with Crippen molar-refractivity contribution in [2.24, 2.45) is 11.7 Å². The summed E-state index contributed by atoms with van der Waals surface area (Å²) in [4.78, 5) is 97.6. The standard InChI is InChI=1S/C36H47N11O7/c1-3-20(2)31(46-30(48)17-41-32(49)25(37)11-21-14-40-26-8-5-4-7-24(21)26)34(51)44-27(12-22-15-38-18-42-22)33(50)45-28(13-23-16-39-19-43-23)35(52)47-10-6-9-29(47)36(53)54/h4-5,7-8,14-16,18-20,25,27-29,31,40H,3,6,9-13,17,37H2,1-2H3,(H,38,42)(H,39,43)(H,41,49)(H,44,51)(H,45,50)(H,46,48)(H,53,54)/t20-,25-,27-,28-,29-,31-/m0/s1. The first-order valence-corrected chi connectivity index (χ1v) is 17.9. The van der Waals surface area contributed by atoms with Crippen LogP contribution in [0, 0.1) is 5.92 Å². The molecule has 0 radical (unpaired) electrons. The molecule has 0 aliphatic carbocycles. The fourth-order valence-electron chi connectivity index (χ4n) is 6.52. The van der Waals surface area contributed by atoms with Crippen molar-refractivity contribution in [3.8, 4) is 0 Å². The van der Waals surface area contributed by atoms with Gasteiger partial charge in [-0.05, 0) is 36.8 Å². The van der Waals surface area contributed by atoms with Gasteiger partial charge in [-0.2, -0.15) is 0 Å². The molecule has 5 amide bonds. The van der Waals surface area contributed by atoms with Crippen LogP contribution in [0.4, 0.5) is 0 Å². The van der Waals surface area contributed by atoms with Crippen molar-refractivity contribution in [3.05, 3.63) is 72.5 Å². The molecule has 4 heterocycles. The summed E-state index contributed by atoms with van der Waals surface area (Å²) in [5.74, 6) is -4.66. The Kier molecular flexibility index (Phi) is 13.2. The number of carboxylic acid groups (broad SMARTS) is 1. The number of amides is 5. The number of nitrogens with one attached hydrogen (secondary N) is 7. The number of hydrogen-bond donors (Lipinski definition) is 9. The number of benzene rings is 1. The topological polar surface area (TPSA) is 273 Å². The third kappa shape index (κ3) is 9.88. The molecule has 6 atom stereocenters. The number of imidazole rings is 2. The number of para-hydroxylation sites is 1. The Morgan fingerprint density at radius 2 is 1.57 bits per heavy atom. The molecule has 54 heavy (non-hydrogen) atoms. The van der Waals surface area contributed by atoms with E-state index in [4.69, 9.17) is 5.73 Å². The maximum Gasteiger partial charge on any atom is 0.326 e. The molecule has 0 unspecified atom stereocenters. The first-order chi connectivity index (χ1) is 25.9. The van der Waals surface area contributed by atoms with E-state index in [0.717, 1.165) is 16.5 Å². The third-order valence-corrected chi connectivity index (χ3v) is 9.71. The zero-order chi connectivity index (χ0) is 38.8. The highest BCUT2D eigenvalue weighted by Crippen LogP contribution is 2.20. The fraction of sp³-hybridized carbons (Fsp3) is 0.444. The molecular formula is C36H47N11O7. The maximum absolute atomic E-state index is 14.0. The number of carbonyl (C=O) groups excluding carboxylic acids is 5. The third-order valence-electron chi connectivity index (χ3n) is 9.71. The van der Waals surface area contributed by atoms with Crippen LogP contribution < -0.4 is 27.0 Å². The largest absolute Gasteiger partial charge is 0.480 e. The Balaban J connectivity index is 1.25. The van der Waals surface area contributed by atoms with E-state index < -0.39 is 72.3 Å². The molecule has 18 heteroatoms. The molecule has 1 aromatic carbocycles. The minimum absolute atomic E-state index is 0.0130. The monoisotopic (exact) mass is 745 g/mol. The highest BCUT2D eigenvalue weighted by atomic mass is 16.4. The van der Waals surface area contributed by atoms with Gasteiger partial charge >= 0.3 is 5.97 Å². The average molecular weight is 746 g/mol. The van der Waals surface area contributed by atoms with Crippen LogP contribution >= 0.6 is 0 Å². The molecule has 0 spiro atoms. The van der Waals surface area contributed by atoms with Gasteiger partial charge in [0.15, 0.2) is 0 Å². The second kappa shape index (κ2) is 18.1. The summed E-state index contributed by atoms with van der Waals surface area (Å²) in [6.45, 7) is 3.38. The summed E-state index contributed by atoms with van der Waals surface area (Å²) >= 11 is 0. The summed E-state index contributed by atoms with van der Waals surface area (Å²) in [6.07, 6.45) is 9.06. The van der Waals surface area contributed by atoms with Crippen LogP contribution in [0.1, 0.15) is 50.1 Å². The summed E-state index contributed by atoms with van der Waals surface area (Å²) in [5.41, 5.74) is 8.98. The smallest absolute Gasteiger partial charge is 0.326 e. The lowest BCUT2D eigenvalue weighted by atomic mass is 9.97. The fourth-order valence-corrected chi connectivity index (χ4v) is 6.52. The zero-order valence-corrected chi connectivity index (χ0v) is 30.1. The van der Waals surface area contributed by atoms with Gasteiger partial charge in [-0.3, -0.25) is 24.0 Å². The molecule has 5 rings (SSSR count). The number of carboxylic acids is 1. The lowest BCUT2D eigenvalue weighted by Gasteiger charge is -2.29. The lowest BCUT2D eigenvalue weighted by molar-refractivity contribution is -0.149. The lowest BCUT2D eigenvalue weighted by Crippen LogP contribution is -2.60. The van der Waals surface area contributed by atoms with E-state index in [9.17, 15) is 33.9 Å². The van der Waals surface area contributed by atoms with Crippen molar-refractivity contribution in [2.75, 3.05) is 13.1 Å². The van der Waals surface area contributed by atoms with Crippen molar-refractivity contribution in [1.29, 1.82) is 0 Å². The van der Waals surface area contributed by atoms with Gasteiger partial charge in [0, 0.05) is 60.3 Å². The molecule has 1 fully saturated rings. The van der Waals surface area contributed by atoms with E-state index in [-0.39, 0.29) is 38.1 Å². The van der Waals surface area contributed by atoms with Gasteiger partial charge in [-0.25, -0.2) is 14.8 Å². The van der Waals surface area contributed by atoms with Crippen LogP contribution in [-0.2, 0) is 48.0 Å². The van der Waals surface area contributed by atoms with Gasteiger partial charge < -0.3 is 52.0 Å². The number of aromatic amines is 3. The van der Waals surface area contributed by atoms with Crippen LogP contribution in [0.3, 0.4) is 0 Å². The molecular weight excluding hydrogens is 698 g/mol. The highest BCUT2D eigenvalue weighted by Gasteiger charge is 2.39. The van der Waals surface area contributed by atoms with Crippen molar-refractivity contribution in [1.82, 2.24) is 51.1 Å². The summed E-state index contributed by atoms with van der Waals surface area (Å²) in [5, 5.41) is 21.4. The minimum atomic E-state index is -1.24. The number of likely N-dealkylation sites (tertiary alicyclic amines) is 1. The van der Waals surface area contributed by atoms with Crippen LogP contribution in [0.5, 0.6) is 0 Å². The number of nitrogens with two attached hydrogens (primary N) is 1.